The summed E-state index contributed by atoms with van der Waals surface area (Å²) in [4.78, 5) is 11.9. The van der Waals surface area contributed by atoms with E-state index in [0.29, 0.717) is 5.78 Å². The smallest absolute Gasteiger partial charge is 0.164 e. The second kappa shape index (κ2) is 3.06. The Morgan fingerprint density at radius 3 is 3.00 bits per heavy atom. The zero-order valence-corrected chi connectivity index (χ0v) is 8.63. The number of hydrogen-bond acceptors (Lipinski definition) is 2. The predicted octanol–water partition coefficient (Wildman–Crippen LogP) is 2.31. The number of rotatable bonds is 0. The molecular formula is C12H18O2. The van der Waals surface area contributed by atoms with Gasteiger partial charge in [0.15, 0.2) is 5.78 Å². The summed E-state index contributed by atoms with van der Waals surface area (Å²) in [5.41, 5.74) is -0.328. The fourth-order valence-corrected chi connectivity index (χ4v) is 3.11. The Hall–Kier alpha value is -0.370. The second-order valence-electron chi connectivity index (χ2n) is 5.23. The predicted molar refractivity (Wildman–Crippen MR) is 53.0 cm³/mol. The first-order valence-electron chi connectivity index (χ1n) is 5.97. The number of hydrogen-bond donors (Lipinski definition) is 0. The first-order chi connectivity index (χ1) is 6.80. The average Bonchev–Trinajstić information content (AvgIpc) is 2.93. The lowest BCUT2D eigenvalue weighted by Gasteiger charge is -2.35. The Morgan fingerprint density at radius 1 is 1.21 bits per heavy atom. The summed E-state index contributed by atoms with van der Waals surface area (Å²) in [7, 11) is 0. The van der Waals surface area contributed by atoms with Crippen LogP contribution in [0.4, 0.5) is 0 Å². The molecule has 0 bridgehead atoms. The average molecular weight is 194 g/mol. The molecule has 2 aliphatic carbocycles. The maximum absolute atomic E-state index is 11.9. The maximum atomic E-state index is 11.9. The molecule has 0 unspecified atom stereocenters. The Morgan fingerprint density at radius 2 is 2.14 bits per heavy atom. The molecule has 1 saturated heterocycles. The summed E-state index contributed by atoms with van der Waals surface area (Å²) in [6.07, 6.45) is 7.60. The Balaban J connectivity index is 1.76. The molecule has 1 spiro atoms. The van der Waals surface area contributed by atoms with Crippen LogP contribution in [0.3, 0.4) is 0 Å². The van der Waals surface area contributed by atoms with Crippen LogP contribution in [0, 0.1) is 11.8 Å². The van der Waals surface area contributed by atoms with Crippen molar-refractivity contribution in [1.82, 2.24) is 0 Å². The van der Waals surface area contributed by atoms with Gasteiger partial charge in [0.05, 0.1) is 6.61 Å². The fraction of sp³-hybridized carbons (Fsp3) is 0.917. The quantitative estimate of drug-likeness (QED) is 0.591. The minimum atomic E-state index is -0.328. The van der Waals surface area contributed by atoms with Gasteiger partial charge in [0.1, 0.15) is 5.60 Å². The molecule has 0 aromatic heterocycles. The van der Waals surface area contributed by atoms with E-state index in [1.54, 1.807) is 0 Å². The minimum absolute atomic E-state index is 0.328. The summed E-state index contributed by atoms with van der Waals surface area (Å²) < 4.78 is 5.95. The normalized spacial score (nSPS) is 47.3. The summed E-state index contributed by atoms with van der Waals surface area (Å²) in [6.45, 7) is 0.858. The molecular weight excluding hydrogens is 176 g/mol. The Labute approximate surface area is 85.0 Å². The number of carbonyl (C=O) groups is 1. The molecule has 1 aliphatic heterocycles. The third-order valence-electron chi connectivity index (χ3n) is 4.30. The Kier molecular flexibility index (Phi) is 1.94. The molecule has 3 atom stereocenters. The van der Waals surface area contributed by atoms with Crippen LogP contribution in [0.2, 0.25) is 0 Å². The lowest BCUT2D eigenvalue weighted by molar-refractivity contribution is -0.150. The van der Waals surface area contributed by atoms with Crippen molar-refractivity contribution in [3.05, 3.63) is 0 Å². The monoisotopic (exact) mass is 194 g/mol. The molecule has 3 aliphatic rings. The molecule has 2 saturated carbocycles. The number of fused-ring (bicyclic) bond motifs is 1. The van der Waals surface area contributed by atoms with E-state index in [2.05, 4.69) is 0 Å². The molecule has 0 aromatic rings. The van der Waals surface area contributed by atoms with Crippen LogP contribution in [-0.2, 0) is 9.53 Å². The van der Waals surface area contributed by atoms with Gasteiger partial charge in [-0.25, -0.2) is 0 Å². The van der Waals surface area contributed by atoms with E-state index in [4.69, 9.17) is 4.74 Å². The van der Waals surface area contributed by atoms with Gasteiger partial charge in [-0.2, -0.15) is 0 Å². The topological polar surface area (TPSA) is 26.3 Å². The standard InChI is InChI=1S/C12H18O2/c13-11-3-1-2-5-12(11)6-4-9-7-10(9)8-14-12/h9-10H,1-8H2/t9-,10-,12+/m1/s1. The van der Waals surface area contributed by atoms with Crippen molar-refractivity contribution in [2.45, 2.75) is 50.5 Å². The molecule has 0 N–H and O–H groups in total. The lowest BCUT2D eigenvalue weighted by Crippen LogP contribution is -2.43. The van der Waals surface area contributed by atoms with Gasteiger partial charge in [-0.15, -0.1) is 0 Å². The van der Waals surface area contributed by atoms with Crippen molar-refractivity contribution in [2.75, 3.05) is 6.61 Å². The molecule has 14 heavy (non-hydrogen) atoms. The van der Waals surface area contributed by atoms with Gasteiger partial charge in [-0.3, -0.25) is 4.79 Å². The Bertz CT molecular complexity index is 247. The highest BCUT2D eigenvalue weighted by Gasteiger charge is 2.48. The summed E-state index contributed by atoms with van der Waals surface area (Å²) in [5.74, 6) is 2.08. The summed E-state index contributed by atoms with van der Waals surface area (Å²) in [5, 5.41) is 0. The molecule has 0 amide bonds. The van der Waals surface area contributed by atoms with Gasteiger partial charge in [-0.05, 0) is 50.4 Å². The molecule has 2 nitrogen and oxygen atoms in total. The van der Waals surface area contributed by atoms with E-state index in [0.717, 1.165) is 44.1 Å². The van der Waals surface area contributed by atoms with Gasteiger partial charge in [0, 0.05) is 6.42 Å². The summed E-state index contributed by atoms with van der Waals surface area (Å²) >= 11 is 0. The van der Waals surface area contributed by atoms with Gasteiger partial charge >= 0.3 is 0 Å². The van der Waals surface area contributed by atoms with E-state index in [1.807, 2.05) is 0 Å². The van der Waals surface area contributed by atoms with Crippen LogP contribution in [0.5, 0.6) is 0 Å². The largest absolute Gasteiger partial charge is 0.367 e. The van der Waals surface area contributed by atoms with Crippen LogP contribution < -0.4 is 0 Å². The molecule has 0 radical (unpaired) electrons. The van der Waals surface area contributed by atoms with E-state index in [1.165, 1.54) is 19.3 Å². The second-order valence-corrected chi connectivity index (χ2v) is 5.23. The van der Waals surface area contributed by atoms with Crippen LogP contribution in [0.25, 0.3) is 0 Å². The number of ether oxygens (including phenoxy) is 1. The van der Waals surface area contributed by atoms with Gasteiger partial charge in [0.25, 0.3) is 0 Å². The van der Waals surface area contributed by atoms with Crippen LogP contribution in [0.15, 0.2) is 0 Å². The molecule has 3 rings (SSSR count). The number of carbonyl (C=O) groups excluding carboxylic acids is 1. The van der Waals surface area contributed by atoms with E-state index >= 15 is 0 Å². The zero-order valence-electron chi connectivity index (χ0n) is 8.63. The van der Waals surface area contributed by atoms with Gasteiger partial charge < -0.3 is 4.74 Å². The van der Waals surface area contributed by atoms with Crippen LogP contribution in [0.1, 0.15) is 44.9 Å². The number of ketones is 1. The molecule has 1 heterocycles. The van der Waals surface area contributed by atoms with Gasteiger partial charge in [0.2, 0.25) is 0 Å². The van der Waals surface area contributed by atoms with Crippen molar-refractivity contribution < 1.29 is 9.53 Å². The third-order valence-corrected chi connectivity index (χ3v) is 4.30. The molecule has 3 fully saturated rings. The van der Waals surface area contributed by atoms with E-state index < -0.39 is 0 Å². The molecule has 78 valence electrons. The SMILES string of the molecule is O=C1CCCC[C@]12CC[C@@H]1C[C@@H]1CO2. The number of Topliss-reactive ketones (excluding diaryl/α,β-unsaturated/α-hetero) is 1. The lowest BCUT2D eigenvalue weighted by atomic mass is 9.80. The van der Waals surface area contributed by atoms with Crippen molar-refractivity contribution in [1.29, 1.82) is 0 Å². The van der Waals surface area contributed by atoms with Gasteiger partial charge in [-0.1, -0.05) is 0 Å². The van der Waals surface area contributed by atoms with Crippen LogP contribution >= 0.6 is 0 Å². The first kappa shape index (κ1) is 8.90. The highest BCUT2D eigenvalue weighted by molar-refractivity contribution is 5.88. The van der Waals surface area contributed by atoms with Crippen molar-refractivity contribution in [3.8, 4) is 0 Å². The highest BCUT2D eigenvalue weighted by Crippen LogP contribution is 2.49. The van der Waals surface area contributed by atoms with E-state index in [-0.39, 0.29) is 5.60 Å². The maximum Gasteiger partial charge on any atom is 0.164 e. The van der Waals surface area contributed by atoms with Crippen LogP contribution in [-0.4, -0.2) is 18.0 Å². The summed E-state index contributed by atoms with van der Waals surface area (Å²) in [6, 6.07) is 0. The minimum Gasteiger partial charge on any atom is -0.367 e. The first-order valence-corrected chi connectivity index (χ1v) is 5.97. The highest BCUT2D eigenvalue weighted by atomic mass is 16.5. The zero-order chi connectivity index (χ0) is 9.60. The molecule has 0 aromatic carbocycles. The third kappa shape index (κ3) is 1.31. The van der Waals surface area contributed by atoms with E-state index in [9.17, 15) is 4.79 Å². The van der Waals surface area contributed by atoms with Crippen molar-refractivity contribution in [3.63, 3.8) is 0 Å². The molecule has 2 heteroatoms. The fourth-order valence-electron chi connectivity index (χ4n) is 3.11. The van der Waals surface area contributed by atoms with Crippen molar-refractivity contribution >= 4 is 5.78 Å². The van der Waals surface area contributed by atoms with Crippen molar-refractivity contribution in [2.24, 2.45) is 11.8 Å².